The molecule has 0 radical (unpaired) electrons. The quantitative estimate of drug-likeness (QED) is 0.724. The van der Waals surface area contributed by atoms with E-state index in [4.69, 9.17) is 10.2 Å². The van der Waals surface area contributed by atoms with Crippen LogP contribution in [0.2, 0.25) is 0 Å². The number of carbonyl (C=O) groups is 2. The molecule has 8 nitrogen and oxygen atoms in total. The topological polar surface area (TPSA) is 121 Å². The molecular formula is C11H12FNO7S. The Labute approximate surface area is 119 Å². The van der Waals surface area contributed by atoms with Crippen molar-refractivity contribution in [2.45, 2.75) is 4.90 Å². The number of halogens is 1. The summed E-state index contributed by atoms with van der Waals surface area (Å²) in [5, 5.41) is 17.3. The molecule has 21 heavy (non-hydrogen) atoms. The SMILES string of the molecule is COc1ccc(S(=O)(=O)N(CC(=O)O)CC(=O)O)cc1F. The molecule has 0 saturated carbocycles. The van der Waals surface area contributed by atoms with Gasteiger partial charge in [-0.05, 0) is 18.2 Å². The largest absolute Gasteiger partial charge is 0.494 e. The average molecular weight is 321 g/mol. The van der Waals surface area contributed by atoms with Gasteiger partial charge in [0.2, 0.25) is 10.0 Å². The van der Waals surface area contributed by atoms with E-state index in [0.29, 0.717) is 6.07 Å². The van der Waals surface area contributed by atoms with Crippen LogP contribution in [0.1, 0.15) is 0 Å². The Morgan fingerprint density at radius 3 is 2.14 bits per heavy atom. The first-order valence-corrected chi connectivity index (χ1v) is 6.89. The van der Waals surface area contributed by atoms with E-state index in [9.17, 15) is 22.4 Å². The van der Waals surface area contributed by atoms with Gasteiger partial charge in [0.15, 0.2) is 11.6 Å². The van der Waals surface area contributed by atoms with Gasteiger partial charge in [-0.2, -0.15) is 4.31 Å². The maximum absolute atomic E-state index is 13.5. The molecule has 1 aromatic carbocycles. The minimum Gasteiger partial charge on any atom is -0.494 e. The van der Waals surface area contributed by atoms with E-state index >= 15 is 0 Å². The second-order valence-corrected chi connectivity index (χ2v) is 5.79. The van der Waals surface area contributed by atoms with Crippen LogP contribution in [0.4, 0.5) is 4.39 Å². The predicted molar refractivity (Wildman–Crippen MR) is 67.0 cm³/mol. The van der Waals surface area contributed by atoms with Crippen LogP contribution in [-0.4, -0.2) is 55.1 Å². The van der Waals surface area contributed by atoms with E-state index in [1.165, 1.54) is 7.11 Å². The molecule has 2 N–H and O–H groups in total. The second-order valence-electron chi connectivity index (χ2n) is 3.86. The fourth-order valence-corrected chi connectivity index (χ4v) is 2.84. The van der Waals surface area contributed by atoms with Crippen molar-refractivity contribution in [3.8, 4) is 5.75 Å². The zero-order valence-corrected chi connectivity index (χ0v) is 11.6. The van der Waals surface area contributed by atoms with E-state index in [1.54, 1.807) is 0 Å². The van der Waals surface area contributed by atoms with Crippen LogP contribution in [0, 0.1) is 5.82 Å². The first kappa shape index (κ1) is 16.9. The van der Waals surface area contributed by atoms with Crippen LogP contribution in [0.3, 0.4) is 0 Å². The van der Waals surface area contributed by atoms with Gasteiger partial charge in [-0.25, -0.2) is 12.8 Å². The fraction of sp³-hybridized carbons (Fsp3) is 0.273. The standard InChI is InChI=1S/C11H12FNO7S/c1-20-9-3-2-7(4-8(9)12)21(18,19)13(5-10(14)15)6-11(16)17/h2-4H,5-6H2,1H3,(H,14,15)(H,16,17). The molecule has 1 rings (SSSR count). The maximum atomic E-state index is 13.5. The van der Waals surface area contributed by atoms with E-state index in [2.05, 4.69) is 4.74 Å². The molecule has 0 aromatic heterocycles. The zero-order chi connectivity index (χ0) is 16.2. The summed E-state index contributed by atoms with van der Waals surface area (Å²) in [7, 11) is -3.27. The highest BCUT2D eigenvalue weighted by Gasteiger charge is 2.29. The number of hydrogen-bond donors (Lipinski definition) is 2. The molecule has 0 heterocycles. The Morgan fingerprint density at radius 2 is 1.76 bits per heavy atom. The first-order valence-electron chi connectivity index (χ1n) is 5.45. The van der Waals surface area contributed by atoms with E-state index in [-0.39, 0.29) is 10.1 Å². The van der Waals surface area contributed by atoms with E-state index in [1.807, 2.05) is 0 Å². The first-order chi connectivity index (χ1) is 9.68. The van der Waals surface area contributed by atoms with Gasteiger partial charge in [0, 0.05) is 0 Å². The maximum Gasteiger partial charge on any atom is 0.318 e. The van der Waals surface area contributed by atoms with E-state index < -0.39 is 45.8 Å². The molecule has 0 aliphatic rings. The van der Waals surface area contributed by atoms with Crippen molar-refractivity contribution >= 4 is 22.0 Å². The van der Waals surface area contributed by atoms with Crippen molar-refractivity contribution in [1.82, 2.24) is 4.31 Å². The summed E-state index contributed by atoms with van der Waals surface area (Å²) >= 11 is 0. The monoisotopic (exact) mass is 321 g/mol. The number of sulfonamides is 1. The molecule has 0 fully saturated rings. The third-order valence-electron chi connectivity index (χ3n) is 2.38. The molecular weight excluding hydrogens is 309 g/mol. The number of nitrogens with zero attached hydrogens (tertiary/aromatic N) is 1. The number of carboxylic acid groups (broad SMARTS) is 2. The summed E-state index contributed by atoms with van der Waals surface area (Å²) in [6.45, 7) is -2.11. The summed E-state index contributed by atoms with van der Waals surface area (Å²) in [5.41, 5.74) is 0. The van der Waals surface area contributed by atoms with Crippen molar-refractivity contribution in [2.24, 2.45) is 0 Å². The Balaban J connectivity index is 3.24. The summed E-state index contributed by atoms with van der Waals surface area (Å²) in [6.07, 6.45) is 0. The molecule has 10 heteroatoms. The summed E-state index contributed by atoms with van der Waals surface area (Å²) in [5.74, 6) is -4.23. The molecule has 0 bridgehead atoms. The van der Waals surface area contributed by atoms with Crippen molar-refractivity contribution in [3.05, 3.63) is 24.0 Å². The van der Waals surface area contributed by atoms with Gasteiger partial charge in [-0.3, -0.25) is 9.59 Å². The third kappa shape index (κ3) is 4.13. The van der Waals surface area contributed by atoms with Crippen LogP contribution >= 0.6 is 0 Å². The van der Waals surface area contributed by atoms with Crippen LogP contribution in [0.5, 0.6) is 5.75 Å². The number of hydrogen-bond acceptors (Lipinski definition) is 5. The minimum atomic E-state index is -4.46. The smallest absolute Gasteiger partial charge is 0.318 e. The summed E-state index contributed by atoms with van der Waals surface area (Å²) in [6, 6.07) is 2.67. The Morgan fingerprint density at radius 1 is 1.24 bits per heavy atom. The molecule has 0 amide bonds. The normalized spacial score (nSPS) is 11.4. The molecule has 0 atom stereocenters. The number of aliphatic carboxylic acids is 2. The molecule has 0 aliphatic carbocycles. The zero-order valence-electron chi connectivity index (χ0n) is 10.8. The van der Waals surface area contributed by atoms with E-state index in [0.717, 1.165) is 12.1 Å². The van der Waals surface area contributed by atoms with Gasteiger partial charge in [0.1, 0.15) is 13.1 Å². The molecule has 0 aliphatic heterocycles. The second kappa shape index (κ2) is 6.50. The number of ether oxygens (including phenoxy) is 1. The van der Waals surface area contributed by atoms with Crippen LogP contribution in [-0.2, 0) is 19.6 Å². The lowest BCUT2D eigenvalue weighted by molar-refractivity contribution is -0.139. The summed E-state index contributed by atoms with van der Waals surface area (Å²) < 4.78 is 42.7. The van der Waals surface area contributed by atoms with Crippen molar-refractivity contribution in [2.75, 3.05) is 20.2 Å². The Hall–Kier alpha value is -2.20. The van der Waals surface area contributed by atoms with Gasteiger partial charge in [-0.15, -0.1) is 0 Å². The Kier molecular flexibility index (Phi) is 5.22. The lowest BCUT2D eigenvalue weighted by Gasteiger charge is -2.18. The third-order valence-corrected chi connectivity index (χ3v) is 4.17. The van der Waals surface area contributed by atoms with Gasteiger partial charge in [0.25, 0.3) is 0 Å². The lowest BCUT2D eigenvalue weighted by atomic mass is 10.3. The van der Waals surface area contributed by atoms with Crippen LogP contribution in [0.25, 0.3) is 0 Å². The van der Waals surface area contributed by atoms with Gasteiger partial charge < -0.3 is 14.9 Å². The number of methoxy groups -OCH3 is 1. The van der Waals surface area contributed by atoms with Crippen molar-refractivity contribution < 1.29 is 37.3 Å². The van der Waals surface area contributed by atoms with Gasteiger partial charge >= 0.3 is 11.9 Å². The highest BCUT2D eigenvalue weighted by atomic mass is 32.2. The molecule has 1 aromatic rings. The highest BCUT2D eigenvalue weighted by molar-refractivity contribution is 7.89. The highest BCUT2D eigenvalue weighted by Crippen LogP contribution is 2.23. The number of rotatable bonds is 7. The van der Waals surface area contributed by atoms with Crippen LogP contribution in [0.15, 0.2) is 23.1 Å². The minimum absolute atomic E-state index is 0.197. The van der Waals surface area contributed by atoms with Crippen molar-refractivity contribution in [1.29, 1.82) is 0 Å². The molecule has 116 valence electrons. The van der Waals surface area contributed by atoms with Crippen molar-refractivity contribution in [3.63, 3.8) is 0 Å². The van der Waals surface area contributed by atoms with Gasteiger partial charge in [-0.1, -0.05) is 0 Å². The molecule has 0 spiro atoms. The predicted octanol–water partition coefficient (Wildman–Crippen LogP) is -0.00580. The van der Waals surface area contributed by atoms with Gasteiger partial charge in [0.05, 0.1) is 12.0 Å². The fourth-order valence-electron chi connectivity index (χ4n) is 1.48. The lowest BCUT2D eigenvalue weighted by Crippen LogP contribution is -2.39. The number of benzene rings is 1. The average Bonchev–Trinajstić information content (AvgIpc) is 2.36. The number of carboxylic acids is 2. The molecule has 0 saturated heterocycles. The van der Waals surface area contributed by atoms with Crippen LogP contribution < -0.4 is 4.74 Å². The Bertz CT molecular complexity index is 643. The molecule has 0 unspecified atom stereocenters. The summed E-state index contributed by atoms with van der Waals surface area (Å²) in [4.78, 5) is 20.7.